The van der Waals surface area contributed by atoms with Gasteiger partial charge in [0.25, 0.3) is 0 Å². The zero-order chi connectivity index (χ0) is 41.5. The molecule has 0 spiro atoms. The highest BCUT2D eigenvalue weighted by Gasteiger charge is 2.21. The van der Waals surface area contributed by atoms with E-state index < -0.39 is 13.2 Å². The third-order valence-electron chi connectivity index (χ3n) is 11.1. The molecule has 11 rings (SSSR count). The van der Waals surface area contributed by atoms with Crippen molar-refractivity contribution in [3.63, 3.8) is 0 Å². The summed E-state index contributed by atoms with van der Waals surface area (Å²) in [6, 6.07) is 64.3. The van der Waals surface area contributed by atoms with Crippen molar-refractivity contribution in [1.29, 1.82) is 0 Å². The van der Waals surface area contributed by atoms with Crippen molar-refractivity contribution >= 4 is 54.5 Å². The van der Waals surface area contributed by atoms with Crippen LogP contribution in [-0.2, 0) is 6.37 Å². The molecule has 0 atom stereocenters. The molecule has 0 aliphatic carbocycles. The van der Waals surface area contributed by atoms with Crippen LogP contribution in [0.15, 0.2) is 192 Å². The molecule has 264 valence electrons. The van der Waals surface area contributed by atoms with E-state index in [0.29, 0.717) is 16.7 Å². The Hall–Kier alpha value is -7.23. The fraction of sp³-hybridized carbons (Fsp3) is 0.0377. The number of hydrogen-bond donors (Lipinski definition) is 0. The van der Waals surface area contributed by atoms with Gasteiger partial charge in [-0.2, -0.15) is 0 Å². The quantitative estimate of drug-likeness (QED) is 0.160. The van der Waals surface area contributed by atoms with E-state index in [1.165, 1.54) is 5.56 Å². The highest BCUT2D eigenvalue weighted by molar-refractivity contribution is 6.26. The van der Waals surface area contributed by atoms with E-state index in [0.717, 1.165) is 82.4 Å². The third kappa shape index (κ3) is 5.09. The summed E-state index contributed by atoms with van der Waals surface area (Å²) in [6.07, 6.45) is -2.67. The Morgan fingerprint density at radius 3 is 1.91 bits per heavy atom. The van der Waals surface area contributed by atoms with Gasteiger partial charge in [-0.25, -0.2) is 4.98 Å². The normalized spacial score (nSPS) is 13.5. The number of aryl methyl sites for hydroxylation is 1. The Morgan fingerprint density at radius 1 is 0.500 bits per heavy atom. The molecule has 0 bridgehead atoms. The van der Waals surface area contributed by atoms with E-state index in [-0.39, 0.29) is 5.82 Å². The van der Waals surface area contributed by atoms with Crippen LogP contribution in [0.5, 0.6) is 0 Å². The van der Waals surface area contributed by atoms with Gasteiger partial charge in [-0.05, 0) is 109 Å². The molecule has 9 aromatic carbocycles. The number of rotatable bonds is 6. The van der Waals surface area contributed by atoms with Crippen molar-refractivity contribution in [1.82, 2.24) is 9.55 Å². The minimum absolute atomic E-state index is 0.151. The molecule has 3 nitrogen and oxygen atoms in total. The van der Waals surface area contributed by atoms with E-state index in [2.05, 4.69) is 126 Å². The fourth-order valence-corrected chi connectivity index (χ4v) is 8.58. The SMILES string of the molecule is [2H]C([2H])([2H])C([2H])([2H])c1nc2ccccc2n1-c1ccc(-c2ccc(-c3c4ccccc4c(-c4cccc5oc6ccccc6c45)c4cc(-c5ccccc5)ccc34)cc2)cc1. The van der Waals surface area contributed by atoms with Crippen LogP contribution in [0.4, 0.5) is 0 Å². The van der Waals surface area contributed by atoms with Gasteiger partial charge in [-0.1, -0.05) is 152 Å². The number of nitrogens with zero attached hydrogens (tertiary/aromatic N) is 2. The van der Waals surface area contributed by atoms with Gasteiger partial charge in [0.15, 0.2) is 0 Å². The van der Waals surface area contributed by atoms with Gasteiger partial charge < -0.3 is 4.42 Å². The van der Waals surface area contributed by atoms with Crippen LogP contribution in [0.25, 0.3) is 105 Å². The molecule has 0 amide bonds. The Balaban J connectivity index is 1.06. The van der Waals surface area contributed by atoms with Crippen LogP contribution >= 0.6 is 0 Å². The first-order valence-electron chi connectivity index (χ1n) is 21.3. The first-order valence-corrected chi connectivity index (χ1v) is 18.8. The zero-order valence-electron chi connectivity index (χ0n) is 35.2. The lowest BCUT2D eigenvalue weighted by Gasteiger charge is -2.19. The number of furan rings is 1. The lowest BCUT2D eigenvalue weighted by atomic mass is 9.83. The minimum Gasteiger partial charge on any atom is -0.456 e. The summed E-state index contributed by atoms with van der Waals surface area (Å²) in [5, 5.41) is 6.80. The van der Waals surface area contributed by atoms with Crippen LogP contribution in [0.2, 0.25) is 0 Å². The largest absolute Gasteiger partial charge is 0.456 e. The first-order chi connectivity index (χ1) is 29.7. The van der Waals surface area contributed by atoms with Crippen LogP contribution in [-0.4, -0.2) is 9.55 Å². The second-order valence-electron chi connectivity index (χ2n) is 14.2. The lowest BCUT2D eigenvalue weighted by Crippen LogP contribution is -1.99. The summed E-state index contributed by atoms with van der Waals surface area (Å²) in [5.41, 5.74) is 12.3. The zero-order valence-corrected chi connectivity index (χ0v) is 30.2. The lowest BCUT2D eigenvalue weighted by molar-refractivity contribution is 0.669. The second-order valence-corrected chi connectivity index (χ2v) is 14.2. The van der Waals surface area contributed by atoms with Crippen LogP contribution in [0.3, 0.4) is 0 Å². The molecule has 2 heterocycles. The average molecular weight is 722 g/mol. The van der Waals surface area contributed by atoms with Crippen LogP contribution in [0.1, 0.15) is 19.5 Å². The maximum absolute atomic E-state index is 8.59. The van der Waals surface area contributed by atoms with E-state index in [9.17, 15) is 0 Å². The first kappa shape index (κ1) is 27.4. The average Bonchev–Trinajstić information content (AvgIpc) is 3.88. The molecule has 0 radical (unpaired) electrons. The van der Waals surface area contributed by atoms with E-state index in [1.54, 1.807) is 10.6 Å². The molecule has 0 aliphatic rings. The maximum Gasteiger partial charge on any atom is 0.136 e. The Labute approximate surface area is 331 Å². The molecule has 0 saturated heterocycles. The highest BCUT2D eigenvalue weighted by atomic mass is 16.3. The monoisotopic (exact) mass is 721 g/mol. The summed E-state index contributed by atoms with van der Waals surface area (Å²) in [7, 11) is 0. The Morgan fingerprint density at radius 2 is 1.11 bits per heavy atom. The Bertz CT molecular complexity index is 3480. The Kier molecular flexibility index (Phi) is 6.34. The van der Waals surface area contributed by atoms with Crippen LogP contribution in [0, 0.1) is 0 Å². The molecule has 2 aromatic heterocycles. The van der Waals surface area contributed by atoms with Gasteiger partial charge in [0.05, 0.1) is 11.0 Å². The van der Waals surface area contributed by atoms with Gasteiger partial charge >= 0.3 is 0 Å². The van der Waals surface area contributed by atoms with Gasteiger partial charge in [-0.15, -0.1) is 0 Å². The number of hydrogen-bond acceptors (Lipinski definition) is 2. The second kappa shape index (κ2) is 13.0. The molecule has 0 saturated carbocycles. The number of imidazole rings is 1. The van der Waals surface area contributed by atoms with Gasteiger partial charge in [0.1, 0.15) is 17.0 Å². The molecular weight excluding hydrogens is 681 g/mol. The van der Waals surface area contributed by atoms with E-state index in [4.69, 9.17) is 11.3 Å². The summed E-state index contributed by atoms with van der Waals surface area (Å²) < 4.78 is 49.1. The minimum atomic E-state index is -2.91. The summed E-state index contributed by atoms with van der Waals surface area (Å²) >= 11 is 0. The van der Waals surface area contributed by atoms with Crippen molar-refractivity contribution in [2.75, 3.05) is 0 Å². The molecule has 0 fully saturated rings. The fourth-order valence-electron chi connectivity index (χ4n) is 8.58. The number of fused-ring (bicyclic) bond motifs is 6. The van der Waals surface area contributed by atoms with Gasteiger partial charge in [0.2, 0.25) is 0 Å². The van der Waals surface area contributed by atoms with Crippen molar-refractivity contribution in [3.05, 3.63) is 194 Å². The van der Waals surface area contributed by atoms with Crippen molar-refractivity contribution in [3.8, 4) is 50.2 Å². The summed E-state index contributed by atoms with van der Waals surface area (Å²) in [4.78, 5) is 4.48. The van der Waals surface area contributed by atoms with Gasteiger partial charge in [0, 0.05) is 29.7 Å². The highest BCUT2D eigenvalue weighted by Crippen LogP contribution is 2.48. The van der Waals surface area contributed by atoms with Crippen molar-refractivity contribution < 1.29 is 11.3 Å². The number of aromatic nitrogens is 2. The standard InChI is InChI=1S/C53H36N2O/c1-2-50-54-46-19-9-10-20-47(46)55(50)39-30-27-36(28-31-39)35-23-25-37(26-24-35)51-40-15-6-7-16-41(40)52(45-33-38(29-32-42(45)51)34-13-4-3-5-14-34)44-18-12-22-49-53(44)43-17-8-11-21-48(43)56-49/h3-33H,2H2,1H3/i1D3,2D2. The maximum atomic E-state index is 8.59. The van der Waals surface area contributed by atoms with Crippen LogP contribution < -0.4 is 0 Å². The molecule has 0 unspecified atom stereocenters. The van der Waals surface area contributed by atoms with Gasteiger partial charge in [-0.3, -0.25) is 4.57 Å². The van der Waals surface area contributed by atoms with Crippen molar-refractivity contribution in [2.45, 2.75) is 13.2 Å². The predicted octanol–water partition coefficient (Wildman–Crippen LogP) is 14.5. The van der Waals surface area contributed by atoms with Crippen molar-refractivity contribution in [2.24, 2.45) is 0 Å². The summed E-state index contributed by atoms with van der Waals surface area (Å²) in [5.74, 6) is -0.151. The molecule has 0 N–H and O–H groups in total. The molecule has 56 heavy (non-hydrogen) atoms. The summed E-state index contributed by atoms with van der Waals surface area (Å²) in [6.45, 7) is -2.91. The molecular formula is C53H36N2O. The molecule has 0 aliphatic heterocycles. The van der Waals surface area contributed by atoms with E-state index in [1.807, 2.05) is 60.7 Å². The smallest absolute Gasteiger partial charge is 0.136 e. The number of benzene rings is 9. The molecule has 11 aromatic rings. The molecule has 3 heteroatoms. The third-order valence-corrected chi connectivity index (χ3v) is 11.1. The number of para-hydroxylation sites is 3. The predicted molar refractivity (Wildman–Crippen MR) is 234 cm³/mol. The topological polar surface area (TPSA) is 31.0 Å². The van der Waals surface area contributed by atoms with E-state index >= 15 is 0 Å².